The van der Waals surface area contributed by atoms with Crippen LogP contribution in [0.15, 0.2) is 24.3 Å². The summed E-state index contributed by atoms with van der Waals surface area (Å²) in [6.45, 7) is 6.06. The van der Waals surface area contributed by atoms with Crippen molar-refractivity contribution >= 4 is 18.3 Å². The van der Waals surface area contributed by atoms with Crippen LogP contribution in [0, 0.1) is 11.2 Å². The van der Waals surface area contributed by atoms with Gasteiger partial charge in [0.05, 0.1) is 5.41 Å². The van der Waals surface area contributed by atoms with E-state index in [0.29, 0.717) is 32.6 Å². The van der Waals surface area contributed by atoms with Crippen molar-refractivity contribution in [3.63, 3.8) is 0 Å². The molecule has 0 unspecified atom stereocenters. The number of piperidine rings is 1. The number of rotatable bonds is 4. The lowest BCUT2D eigenvalue weighted by Crippen LogP contribution is -2.51. The first-order chi connectivity index (χ1) is 11.5. The van der Waals surface area contributed by atoms with Crippen molar-refractivity contribution in [2.45, 2.75) is 38.0 Å². The van der Waals surface area contributed by atoms with Crippen molar-refractivity contribution in [1.29, 1.82) is 0 Å². The summed E-state index contributed by atoms with van der Waals surface area (Å²) in [4.78, 5) is 13.1. The van der Waals surface area contributed by atoms with Gasteiger partial charge in [-0.3, -0.25) is 4.79 Å². The Labute approximate surface area is 155 Å². The summed E-state index contributed by atoms with van der Waals surface area (Å²) in [6.07, 6.45) is 3.42. The Balaban J connectivity index is 0.00000225. The van der Waals surface area contributed by atoms with Gasteiger partial charge in [0.1, 0.15) is 5.82 Å². The SMILES string of the molecule is CC1(CNC(=O)C2(c3ccc(F)cc3)CCOCC2)CCNCC1.Cl. The van der Waals surface area contributed by atoms with Crippen molar-refractivity contribution < 1.29 is 13.9 Å². The molecule has 0 spiro atoms. The van der Waals surface area contributed by atoms with E-state index in [2.05, 4.69) is 17.6 Å². The molecule has 0 bridgehead atoms. The number of benzene rings is 1. The highest BCUT2D eigenvalue weighted by Gasteiger charge is 2.42. The van der Waals surface area contributed by atoms with Crippen molar-refractivity contribution in [2.24, 2.45) is 5.41 Å². The molecule has 140 valence electrons. The topological polar surface area (TPSA) is 50.4 Å². The predicted octanol–water partition coefficient (Wildman–Crippen LogP) is 2.80. The minimum atomic E-state index is -0.602. The summed E-state index contributed by atoms with van der Waals surface area (Å²) in [5, 5.41) is 6.57. The maximum Gasteiger partial charge on any atom is 0.230 e. The number of hydrogen-bond donors (Lipinski definition) is 2. The fourth-order valence-corrected chi connectivity index (χ4v) is 3.81. The van der Waals surface area contributed by atoms with Gasteiger partial charge in [-0.15, -0.1) is 12.4 Å². The van der Waals surface area contributed by atoms with Gasteiger partial charge in [0.25, 0.3) is 0 Å². The Kier molecular flexibility index (Phi) is 6.83. The van der Waals surface area contributed by atoms with Crippen LogP contribution < -0.4 is 10.6 Å². The van der Waals surface area contributed by atoms with Gasteiger partial charge < -0.3 is 15.4 Å². The zero-order valence-electron chi connectivity index (χ0n) is 14.8. The van der Waals surface area contributed by atoms with Gasteiger partial charge in [0, 0.05) is 19.8 Å². The third-order valence-corrected chi connectivity index (χ3v) is 5.66. The van der Waals surface area contributed by atoms with Crippen LogP contribution in [0.4, 0.5) is 4.39 Å². The predicted molar refractivity (Wildman–Crippen MR) is 98.6 cm³/mol. The second-order valence-corrected chi connectivity index (χ2v) is 7.44. The van der Waals surface area contributed by atoms with Crippen LogP contribution in [-0.2, 0) is 14.9 Å². The maximum absolute atomic E-state index is 13.3. The maximum atomic E-state index is 13.3. The standard InChI is InChI=1S/C19H27FN2O2.ClH/c1-18(6-10-21-11-7-18)14-22-17(23)19(8-12-24-13-9-19)15-2-4-16(20)5-3-15;/h2-5,21H,6-14H2,1H3,(H,22,23);1H. The Morgan fingerprint density at radius 1 is 1.16 bits per heavy atom. The zero-order valence-corrected chi connectivity index (χ0v) is 15.6. The fraction of sp³-hybridized carbons (Fsp3) is 0.632. The average Bonchev–Trinajstić information content (AvgIpc) is 2.61. The number of halogens is 2. The highest BCUT2D eigenvalue weighted by molar-refractivity contribution is 5.88. The zero-order chi connectivity index (χ0) is 17.0. The molecule has 1 aromatic rings. The molecule has 6 heteroatoms. The van der Waals surface area contributed by atoms with Gasteiger partial charge >= 0.3 is 0 Å². The van der Waals surface area contributed by atoms with Gasteiger partial charge in [-0.05, 0) is 61.9 Å². The quantitative estimate of drug-likeness (QED) is 0.856. The molecule has 25 heavy (non-hydrogen) atoms. The average molecular weight is 371 g/mol. The molecule has 4 nitrogen and oxygen atoms in total. The minimum absolute atomic E-state index is 0. The molecular weight excluding hydrogens is 343 g/mol. The molecule has 0 aromatic heterocycles. The molecule has 0 atom stereocenters. The summed E-state index contributed by atoms with van der Waals surface area (Å²) in [7, 11) is 0. The lowest BCUT2D eigenvalue weighted by Gasteiger charge is -2.39. The van der Waals surface area contributed by atoms with E-state index in [1.807, 2.05) is 0 Å². The van der Waals surface area contributed by atoms with Crippen LogP contribution in [0.25, 0.3) is 0 Å². The Hall–Kier alpha value is -1.17. The van der Waals surface area contributed by atoms with E-state index in [9.17, 15) is 9.18 Å². The number of ether oxygens (including phenoxy) is 1. The Morgan fingerprint density at radius 3 is 2.36 bits per heavy atom. The van der Waals surface area contributed by atoms with Crippen LogP contribution in [-0.4, -0.2) is 38.8 Å². The lowest BCUT2D eigenvalue weighted by molar-refractivity contribution is -0.131. The van der Waals surface area contributed by atoms with Crippen molar-refractivity contribution in [3.8, 4) is 0 Å². The molecule has 2 aliphatic rings. The van der Waals surface area contributed by atoms with E-state index in [-0.39, 0.29) is 29.5 Å². The molecule has 0 aliphatic carbocycles. The molecule has 2 saturated heterocycles. The van der Waals surface area contributed by atoms with Crippen LogP contribution in [0.5, 0.6) is 0 Å². The van der Waals surface area contributed by atoms with E-state index < -0.39 is 5.41 Å². The number of carbonyl (C=O) groups is 1. The molecular formula is C19H28ClFN2O2. The summed E-state index contributed by atoms with van der Waals surface area (Å²) >= 11 is 0. The Bertz CT molecular complexity index is 567. The van der Waals surface area contributed by atoms with Gasteiger partial charge in [-0.25, -0.2) is 4.39 Å². The molecule has 3 rings (SSSR count). The molecule has 2 heterocycles. The van der Waals surface area contributed by atoms with E-state index in [1.54, 1.807) is 12.1 Å². The fourth-order valence-electron chi connectivity index (χ4n) is 3.81. The van der Waals surface area contributed by atoms with Crippen LogP contribution in [0.1, 0.15) is 38.2 Å². The third kappa shape index (κ3) is 4.52. The van der Waals surface area contributed by atoms with Crippen LogP contribution >= 0.6 is 12.4 Å². The van der Waals surface area contributed by atoms with E-state index >= 15 is 0 Å². The van der Waals surface area contributed by atoms with Crippen LogP contribution in [0.2, 0.25) is 0 Å². The number of nitrogens with one attached hydrogen (secondary N) is 2. The largest absolute Gasteiger partial charge is 0.381 e. The van der Waals surface area contributed by atoms with Crippen molar-refractivity contribution in [2.75, 3.05) is 32.8 Å². The summed E-state index contributed by atoms with van der Waals surface area (Å²) < 4.78 is 18.8. The van der Waals surface area contributed by atoms with Crippen LogP contribution in [0.3, 0.4) is 0 Å². The normalized spacial score (nSPS) is 21.8. The monoisotopic (exact) mass is 370 g/mol. The molecule has 2 fully saturated rings. The summed E-state index contributed by atoms with van der Waals surface area (Å²) in [5.74, 6) is -0.222. The molecule has 0 saturated carbocycles. The first-order valence-corrected chi connectivity index (χ1v) is 8.87. The summed E-state index contributed by atoms with van der Waals surface area (Å²) in [5.41, 5.74) is 0.436. The van der Waals surface area contributed by atoms with Gasteiger partial charge in [0.15, 0.2) is 0 Å². The first-order valence-electron chi connectivity index (χ1n) is 8.87. The molecule has 0 radical (unpaired) electrons. The summed E-state index contributed by atoms with van der Waals surface area (Å²) in [6, 6.07) is 6.36. The molecule has 2 aliphatic heterocycles. The number of hydrogen-bond acceptors (Lipinski definition) is 3. The lowest BCUT2D eigenvalue weighted by atomic mass is 9.73. The second kappa shape index (κ2) is 8.47. The molecule has 2 N–H and O–H groups in total. The van der Waals surface area contributed by atoms with Crippen molar-refractivity contribution in [3.05, 3.63) is 35.6 Å². The van der Waals surface area contributed by atoms with Gasteiger partial charge in [0.2, 0.25) is 5.91 Å². The first kappa shape index (κ1) is 20.1. The minimum Gasteiger partial charge on any atom is -0.381 e. The van der Waals surface area contributed by atoms with E-state index in [4.69, 9.17) is 4.74 Å². The second-order valence-electron chi connectivity index (χ2n) is 7.44. The van der Waals surface area contributed by atoms with Gasteiger partial charge in [-0.1, -0.05) is 19.1 Å². The Morgan fingerprint density at radius 2 is 1.76 bits per heavy atom. The number of amides is 1. The van der Waals surface area contributed by atoms with E-state index in [1.165, 1.54) is 12.1 Å². The highest BCUT2D eigenvalue weighted by atomic mass is 35.5. The third-order valence-electron chi connectivity index (χ3n) is 5.66. The highest BCUT2D eigenvalue weighted by Crippen LogP contribution is 2.36. The molecule has 1 amide bonds. The molecule has 1 aromatic carbocycles. The smallest absolute Gasteiger partial charge is 0.230 e. The van der Waals surface area contributed by atoms with Crippen molar-refractivity contribution in [1.82, 2.24) is 10.6 Å². The van der Waals surface area contributed by atoms with E-state index in [0.717, 1.165) is 31.5 Å². The van der Waals surface area contributed by atoms with Gasteiger partial charge in [-0.2, -0.15) is 0 Å². The number of carbonyl (C=O) groups excluding carboxylic acids is 1.